The first kappa shape index (κ1) is 19.1. The highest BCUT2D eigenvalue weighted by molar-refractivity contribution is 5.83. The molecular formula is C16H32N6O2. The van der Waals surface area contributed by atoms with E-state index in [1.165, 1.54) is 0 Å². The number of likely N-dealkylation sites (N-methyl/N-ethyl adjacent to an activating group) is 2. The molecule has 2 rings (SSSR count). The van der Waals surface area contributed by atoms with E-state index in [4.69, 9.17) is 0 Å². The Balaban J connectivity index is 1.50. The van der Waals surface area contributed by atoms with Gasteiger partial charge < -0.3 is 20.4 Å². The van der Waals surface area contributed by atoms with Gasteiger partial charge in [-0.1, -0.05) is 0 Å². The average Bonchev–Trinajstić information content (AvgIpc) is 2.59. The number of rotatable bonds is 7. The average molecular weight is 340 g/mol. The molecule has 0 atom stereocenters. The number of carbonyl (C=O) groups excluding carboxylic acids is 2. The summed E-state index contributed by atoms with van der Waals surface area (Å²) in [6, 6.07) is 0. The summed E-state index contributed by atoms with van der Waals surface area (Å²) >= 11 is 0. The van der Waals surface area contributed by atoms with Crippen LogP contribution < -0.4 is 10.6 Å². The molecule has 0 spiro atoms. The van der Waals surface area contributed by atoms with Crippen LogP contribution in [0.15, 0.2) is 0 Å². The van der Waals surface area contributed by atoms with Crippen molar-refractivity contribution in [3.63, 3.8) is 0 Å². The third-order valence-electron chi connectivity index (χ3n) is 4.77. The molecule has 8 nitrogen and oxygen atoms in total. The summed E-state index contributed by atoms with van der Waals surface area (Å²) in [6.45, 7) is 9.19. The van der Waals surface area contributed by atoms with Gasteiger partial charge in [-0.05, 0) is 14.1 Å². The number of piperazine rings is 2. The van der Waals surface area contributed by atoms with Crippen LogP contribution in [0.1, 0.15) is 12.8 Å². The van der Waals surface area contributed by atoms with Crippen molar-refractivity contribution in [2.75, 3.05) is 79.8 Å². The summed E-state index contributed by atoms with van der Waals surface area (Å²) < 4.78 is 0. The van der Waals surface area contributed by atoms with Gasteiger partial charge in [0, 0.05) is 65.2 Å². The highest BCUT2D eigenvalue weighted by atomic mass is 16.2. The van der Waals surface area contributed by atoms with Gasteiger partial charge in [0.1, 0.15) is 0 Å². The first-order valence-corrected chi connectivity index (χ1v) is 8.88. The summed E-state index contributed by atoms with van der Waals surface area (Å²) in [5, 5.41) is 5.81. The van der Waals surface area contributed by atoms with Crippen molar-refractivity contribution in [1.82, 2.24) is 30.2 Å². The van der Waals surface area contributed by atoms with E-state index >= 15 is 0 Å². The molecule has 2 saturated heterocycles. The molecule has 0 aromatic heterocycles. The number of nitrogens with zero attached hydrogens (tertiary/aromatic N) is 4. The fourth-order valence-corrected chi connectivity index (χ4v) is 2.82. The van der Waals surface area contributed by atoms with Crippen LogP contribution in [0.2, 0.25) is 0 Å². The van der Waals surface area contributed by atoms with Crippen LogP contribution in [0.3, 0.4) is 0 Å². The standard InChI is InChI=1S/C16H32N6O2/c1-19-5-9-21(10-6-19)13-17-15(23)3-4-16(24)18-14-22-11-7-20(2)8-12-22/h3-14H2,1-2H3,(H,17,23)(H,18,24). The normalized spacial score (nSPS) is 21.6. The maximum atomic E-state index is 11.9. The van der Waals surface area contributed by atoms with Crippen molar-refractivity contribution in [1.29, 1.82) is 0 Å². The number of hydrogen-bond donors (Lipinski definition) is 2. The molecule has 0 unspecified atom stereocenters. The van der Waals surface area contributed by atoms with Crippen LogP contribution in [0.5, 0.6) is 0 Å². The van der Waals surface area contributed by atoms with Crippen molar-refractivity contribution < 1.29 is 9.59 Å². The summed E-state index contributed by atoms with van der Waals surface area (Å²) in [5.41, 5.74) is 0. The van der Waals surface area contributed by atoms with E-state index < -0.39 is 0 Å². The molecule has 2 aliphatic heterocycles. The molecule has 0 aromatic carbocycles. The second-order valence-corrected chi connectivity index (χ2v) is 6.86. The Morgan fingerprint density at radius 1 is 0.667 bits per heavy atom. The Hall–Kier alpha value is -1.22. The van der Waals surface area contributed by atoms with Gasteiger partial charge in [-0.3, -0.25) is 19.4 Å². The molecule has 24 heavy (non-hydrogen) atoms. The van der Waals surface area contributed by atoms with E-state index in [0.717, 1.165) is 52.4 Å². The SMILES string of the molecule is CN1CCN(CNC(=O)CCC(=O)NCN2CCN(C)CC2)CC1. The van der Waals surface area contributed by atoms with Crippen molar-refractivity contribution in [3.8, 4) is 0 Å². The molecule has 8 heteroatoms. The van der Waals surface area contributed by atoms with E-state index in [0.29, 0.717) is 13.3 Å². The maximum absolute atomic E-state index is 11.9. The van der Waals surface area contributed by atoms with Gasteiger partial charge in [0.15, 0.2) is 0 Å². The van der Waals surface area contributed by atoms with Crippen LogP contribution in [-0.2, 0) is 9.59 Å². The quantitative estimate of drug-likeness (QED) is 0.582. The minimum absolute atomic E-state index is 0.0522. The third kappa shape index (κ3) is 7.12. The Kier molecular flexibility index (Phi) is 7.90. The van der Waals surface area contributed by atoms with Crippen LogP contribution in [-0.4, -0.2) is 111 Å². The zero-order chi connectivity index (χ0) is 17.4. The smallest absolute Gasteiger partial charge is 0.221 e. The highest BCUT2D eigenvalue weighted by Crippen LogP contribution is 1.99. The predicted molar refractivity (Wildman–Crippen MR) is 93.4 cm³/mol. The van der Waals surface area contributed by atoms with Gasteiger partial charge in [0.2, 0.25) is 11.8 Å². The van der Waals surface area contributed by atoms with Crippen molar-refractivity contribution >= 4 is 11.8 Å². The molecule has 2 amide bonds. The predicted octanol–water partition coefficient (Wildman–Crippen LogP) is -1.59. The van der Waals surface area contributed by atoms with Gasteiger partial charge in [0.05, 0.1) is 13.3 Å². The molecule has 2 fully saturated rings. The Bertz CT molecular complexity index is 365. The summed E-state index contributed by atoms with van der Waals surface area (Å²) in [5.74, 6) is -0.104. The van der Waals surface area contributed by atoms with Gasteiger partial charge in [-0.2, -0.15) is 0 Å². The lowest BCUT2D eigenvalue weighted by Gasteiger charge is -2.32. The highest BCUT2D eigenvalue weighted by Gasteiger charge is 2.16. The summed E-state index contributed by atoms with van der Waals surface area (Å²) in [7, 11) is 4.22. The minimum Gasteiger partial charge on any atom is -0.343 e. The second-order valence-electron chi connectivity index (χ2n) is 6.86. The molecule has 138 valence electrons. The maximum Gasteiger partial charge on any atom is 0.221 e. The first-order valence-electron chi connectivity index (χ1n) is 8.88. The van der Waals surface area contributed by atoms with Crippen molar-refractivity contribution in [2.45, 2.75) is 12.8 Å². The zero-order valence-electron chi connectivity index (χ0n) is 15.1. The largest absolute Gasteiger partial charge is 0.343 e. The monoisotopic (exact) mass is 340 g/mol. The Morgan fingerprint density at radius 2 is 1.00 bits per heavy atom. The van der Waals surface area contributed by atoms with Crippen LogP contribution in [0, 0.1) is 0 Å². The molecule has 2 aliphatic rings. The lowest BCUT2D eigenvalue weighted by molar-refractivity contribution is -0.127. The minimum atomic E-state index is -0.0522. The Labute approximate surface area is 145 Å². The van der Waals surface area contributed by atoms with E-state index in [1.54, 1.807) is 0 Å². The third-order valence-corrected chi connectivity index (χ3v) is 4.77. The van der Waals surface area contributed by atoms with Crippen molar-refractivity contribution in [3.05, 3.63) is 0 Å². The molecule has 0 bridgehead atoms. The van der Waals surface area contributed by atoms with Crippen LogP contribution >= 0.6 is 0 Å². The number of hydrogen-bond acceptors (Lipinski definition) is 6. The molecule has 0 aromatic rings. The van der Waals surface area contributed by atoms with E-state index in [2.05, 4.69) is 44.3 Å². The number of amides is 2. The van der Waals surface area contributed by atoms with E-state index in [9.17, 15) is 9.59 Å². The van der Waals surface area contributed by atoms with E-state index in [1.807, 2.05) is 0 Å². The van der Waals surface area contributed by atoms with Gasteiger partial charge >= 0.3 is 0 Å². The topological polar surface area (TPSA) is 71.2 Å². The Morgan fingerprint density at radius 3 is 1.33 bits per heavy atom. The molecule has 2 heterocycles. The zero-order valence-corrected chi connectivity index (χ0v) is 15.1. The molecular weight excluding hydrogens is 308 g/mol. The lowest BCUT2D eigenvalue weighted by atomic mass is 10.3. The van der Waals surface area contributed by atoms with Crippen molar-refractivity contribution in [2.24, 2.45) is 0 Å². The number of nitrogens with one attached hydrogen (secondary N) is 2. The molecule has 0 saturated carbocycles. The van der Waals surface area contributed by atoms with Gasteiger partial charge in [-0.25, -0.2) is 0 Å². The van der Waals surface area contributed by atoms with Gasteiger partial charge in [0.25, 0.3) is 0 Å². The molecule has 0 radical (unpaired) electrons. The first-order chi connectivity index (χ1) is 11.5. The van der Waals surface area contributed by atoms with Gasteiger partial charge in [-0.15, -0.1) is 0 Å². The fraction of sp³-hybridized carbons (Fsp3) is 0.875. The van der Waals surface area contributed by atoms with Crippen LogP contribution in [0.4, 0.5) is 0 Å². The summed E-state index contributed by atoms with van der Waals surface area (Å²) in [4.78, 5) is 32.7. The molecule has 2 N–H and O–H groups in total. The lowest BCUT2D eigenvalue weighted by Crippen LogP contribution is -2.49. The van der Waals surface area contributed by atoms with Crippen LogP contribution in [0.25, 0.3) is 0 Å². The summed E-state index contributed by atoms with van der Waals surface area (Å²) in [6.07, 6.45) is 0.505. The van der Waals surface area contributed by atoms with E-state index in [-0.39, 0.29) is 24.7 Å². The fourth-order valence-electron chi connectivity index (χ4n) is 2.82. The molecule has 0 aliphatic carbocycles. The second kappa shape index (κ2) is 9.93. The number of carbonyl (C=O) groups is 2.